The van der Waals surface area contributed by atoms with Crippen LogP contribution in [0.5, 0.6) is 0 Å². The molecule has 0 fully saturated rings. The number of hydrogen-bond acceptors (Lipinski definition) is 2. The lowest BCUT2D eigenvalue weighted by Gasteiger charge is -2.10. The molecule has 2 nitrogen and oxygen atoms in total. The third kappa shape index (κ3) is 2.97. The van der Waals surface area contributed by atoms with Crippen molar-refractivity contribution in [3.05, 3.63) is 56.6 Å². The number of hydrogen-bond donors (Lipinski definition) is 1. The molecule has 2 rings (SSSR count). The van der Waals surface area contributed by atoms with E-state index in [0.29, 0.717) is 21.3 Å². The van der Waals surface area contributed by atoms with Gasteiger partial charge in [0.25, 0.3) is 0 Å². The van der Waals surface area contributed by atoms with Crippen LogP contribution in [0.4, 0.5) is 4.39 Å². The van der Waals surface area contributed by atoms with Gasteiger partial charge in [0.05, 0.1) is 10.5 Å². The monoisotopic (exact) mass is 361 g/mol. The maximum Gasteiger partial charge on any atom is 0.169 e. The molecule has 0 radical (unpaired) electrons. The Balaban J connectivity index is 2.18. The lowest BCUT2D eigenvalue weighted by atomic mass is 10.0. The summed E-state index contributed by atoms with van der Waals surface area (Å²) in [6.07, 6.45) is 0.512. The predicted octanol–water partition coefficient (Wildman–Crippen LogP) is 4.19. The molecule has 90 valence electrons. The molecular weight excluding hydrogens is 353 g/mol. The summed E-state index contributed by atoms with van der Waals surface area (Å²) in [6.45, 7) is 0. The van der Waals surface area contributed by atoms with E-state index in [0.717, 1.165) is 5.56 Å². The van der Waals surface area contributed by atoms with E-state index in [1.54, 1.807) is 12.1 Å². The van der Waals surface area contributed by atoms with Crippen LogP contribution in [-0.4, -0.2) is 0 Å². The molecule has 1 unspecified atom stereocenters. The van der Waals surface area contributed by atoms with E-state index in [1.165, 1.54) is 6.07 Å². The summed E-state index contributed by atoms with van der Waals surface area (Å²) in [7, 11) is 0. The van der Waals surface area contributed by atoms with Gasteiger partial charge >= 0.3 is 0 Å². The summed E-state index contributed by atoms with van der Waals surface area (Å²) >= 11 is 6.44. The largest absolute Gasteiger partial charge is 0.453 e. The van der Waals surface area contributed by atoms with Crippen LogP contribution in [0.25, 0.3) is 0 Å². The molecule has 0 saturated heterocycles. The SMILES string of the molecule is NC(Cc1cccc(F)c1Br)c1ccc(Br)o1. The lowest BCUT2D eigenvalue weighted by Crippen LogP contribution is -2.13. The van der Waals surface area contributed by atoms with Crippen molar-refractivity contribution in [1.82, 2.24) is 0 Å². The molecule has 0 bridgehead atoms. The molecule has 2 N–H and O–H groups in total. The molecule has 0 aliphatic heterocycles. The number of benzene rings is 1. The van der Waals surface area contributed by atoms with Gasteiger partial charge in [-0.3, -0.25) is 0 Å². The molecule has 1 aromatic carbocycles. The summed E-state index contributed by atoms with van der Waals surface area (Å²) in [6, 6.07) is 8.21. The van der Waals surface area contributed by atoms with E-state index >= 15 is 0 Å². The van der Waals surface area contributed by atoms with Gasteiger partial charge in [-0.2, -0.15) is 0 Å². The quantitative estimate of drug-likeness (QED) is 0.889. The predicted molar refractivity (Wildman–Crippen MR) is 71.1 cm³/mol. The minimum absolute atomic E-state index is 0.282. The molecule has 0 saturated carbocycles. The highest BCUT2D eigenvalue weighted by Gasteiger charge is 2.14. The molecule has 0 amide bonds. The van der Waals surface area contributed by atoms with E-state index in [-0.39, 0.29) is 11.9 Å². The van der Waals surface area contributed by atoms with Crippen molar-refractivity contribution in [2.75, 3.05) is 0 Å². The van der Waals surface area contributed by atoms with E-state index in [1.807, 2.05) is 12.1 Å². The Labute approximate surface area is 115 Å². The lowest BCUT2D eigenvalue weighted by molar-refractivity contribution is 0.447. The van der Waals surface area contributed by atoms with Crippen molar-refractivity contribution in [1.29, 1.82) is 0 Å². The average Bonchev–Trinajstić information content (AvgIpc) is 2.72. The van der Waals surface area contributed by atoms with Crippen molar-refractivity contribution >= 4 is 31.9 Å². The molecule has 2 aromatic rings. The Hall–Kier alpha value is -0.650. The van der Waals surface area contributed by atoms with Gasteiger partial charge in [0.1, 0.15) is 11.6 Å². The number of furan rings is 1. The second kappa shape index (κ2) is 5.33. The van der Waals surface area contributed by atoms with E-state index in [2.05, 4.69) is 31.9 Å². The zero-order valence-electron chi connectivity index (χ0n) is 8.79. The molecule has 1 atom stereocenters. The summed E-state index contributed by atoms with van der Waals surface area (Å²) in [4.78, 5) is 0. The highest BCUT2D eigenvalue weighted by molar-refractivity contribution is 9.10. The minimum Gasteiger partial charge on any atom is -0.453 e. The summed E-state index contributed by atoms with van der Waals surface area (Å²) in [5.41, 5.74) is 6.83. The van der Waals surface area contributed by atoms with Gasteiger partial charge in [0, 0.05) is 0 Å². The minimum atomic E-state index is -0.292. The van der Waals surface area contributed by atoms with Gasteiger partial charge in [-0.15, -0.1) is 0 Å². The van der Waals surface area contributed by atoms with Crippen LogP contribution in [0.2, 0.25) is 0 Å². The number of rotatable bonds is 3. The topological polar surface area (TPSA) is 39.2 Å². The summed E-state index contributed by atoms with van der Waals surface area (Å²) in [5, 5.41) is 0. The fourth-order valence-electron chi connectivity index (χ4n) is 1.57. The first-order valence-corrected chi connectivity index (χ1v) is 6.60. The fraction of sp³-hybridized carbons (Fsp3) is 0.167. The van der Waals surface area contributed by atoms with Gasteiger partial charge < -0.3 is 10.2 Å². The normalized spacial score (nSPS) is 12.7. The zero-order chi connectivity index (χ0) is 12.4. The fourth-order valence-corrected chi connectivity index (χ4v) is 2.32. The molecule has 17 heavy (non-hydrogen) atoms. The van der Waals surface area contributed by atoms with Gasteiger partial charge in [0.15, 0.2) is 4.67 Å². The van der Waals surface area contributed by atoms with Gasteiger partial charge in [-0.25, -0.2) is 4.39 Å². The van der Waals surface area contributed by atoms with Crippen molar-refractivity contribution in [2.45, 2.75) is 12.5 Å². The zero-order valence-corrected chi connectivity index (χ0v) is 12.0. The first-order valence-electron chi connectivity index (χ1n) is 5.01. The first-order chi connectivity index (χ1) is 8.08. The van der Waals surface area contributed by atoms with Gasteiger partial charge in [-0.05, 0) is 62.0 Å². The van der Waals surface area contributed by atoms with Crippen molar-refractivity contribution in [3.8, 4) is 0 Å². The smallest absolute Gasteiger partial charge is 0.169 e. The Morgan fingerprint density at radius 3 is 2.65 bits per heavy atom. The summed E-state index contributed by atoms with van der Waals surface area (Å²) < 4.78 is 19.8. The molecular formula is C12H10Br2FNO. The van der Waals surface area contributed by atoms with Crippen molar-refractivity contribution in [2.24, 2.45) is 5.73 Å². The van der Waals surface area contributed by atoms with E-state index in [4.69, 9.17) is 10.2 Å². The maximum atomic E-state index is 13.3. The standard InChI is InChI=1S/C12H10Br2FNO/c13-11-5-4-10(17-11)9(16)6-7-2-1-3-8(15)12(7)14/h1-5,9H,6,16H2. The molecule has 1 aromatic heterocycles. The third-order valence-corrected chi connectivity index (χ3v) is 3.75. The van der Waals surface area contributed by atoms with Crippen LogP contribution in [0.3, 0.4) is 0 Å². The van der Waals surface area contributed by atoms with E-state index in [9.17, 15) is 4.39 Å². The van der Waals surface area contributed by atoms with Crippen LogP contribution in [0, 0.1) is 5.82 Å². The Morgan fingerprint density at radius 2 is 2.00 bits per heavy atom. The highest BCUT2D eigenvalue weighted by Crippen LogP contribution is 2.26. The number of halogens is 3. The van der Waals surface area contributed by atoms with Gasteiger partial charge in [-0.1, -0.05) is 12.1 Å². The summed E-state index contributed by atoms with van der Waals surface area (Å²) in [5.74, 6) is 0.392. The van der Waals surface area contributed by atoms with Crippen molar-refractivity contribution < 1.29 is 8.81 Å². The highest BCUT2D eigenvalue weighted by atomic mass is 79.9. The first kappa shape index (κ1) is 12.8. The Bertz CT molecular complexity index is 527. The average molecular weight is 363 g/mol. The van der Waals surface area contributed by atoms with Crippen LogP contribution >= 0.6 is 31.9 Å². The molecule has 0 aliphatic carbocycles. The van der Waals surface area contributed by atoms with E-state index < -0.39 is 0 Å². The molecule has 0 spiro atoms. The second-order valence-electron chi connectivity index (χ2n) is 3.67. The molecule has 0 aliphatic rings. The molecule has 5 heteroatoms. The third-order valence-electron chi connectivity index (χ3n) is 2.43. The van der Waals surface area contributed by atoms with Crippen LogP contribution in [-0.2, 0) is 6.42 Å². The Morgan fingerprint density at radius 1 is 1.24 bits per heavy atom. The molecule has 1 heterocycles. The van der Waals surface area contributed by atoms with Crippen LogP contribution in [0.1, 0.15) is 17.4 Å². The van der Waals surface area contributed by atoms with Crippen LogP contribution < -0.4 is 5.73 Å². The van der Waals surface area contributed by atoms with Crippen LogP contribution in [0.15, 0.2) is 43.9 Å². The number of nitrogens with two attached hydrogens (primary N) is 1. The second-order valence-corrected chi connectivity index (χ2v) is 5.24. The van der Waals surface area contributed by atoms with Gasteiger partial charge in [0.2, 0.25) is 0 Å². The van der Waals surface area contributed by atoms with Crippen molar-refractivity contribution in [3.63, 3.8) is 0 Å². The maximum absolute atomic E-state index is 13.3. The Kier molecular flexibility index (Phi) is 4.01.